The van der Waals surface area contributed by atoms with E-state index in [1.165, 1.54) is 5.39 Å². The summed E-state index contributed by atoms with van der Waals surface area (Å²) in [7, 11) is 0. The molecule has 0 radical (unpaired) electrons. The third-order valence-corrected chi connectivity index (χ3v) is 5.82. The average molecular weight is 402 g/mol. The maximum absolute atomic E-state index is 10.6. The van der Waals surface area contributed by atoms with Gasteiger partial charge in [-0.3, -0.25) is 0 Å². The number of imidazole rings is 1. The van der Waals surface area contributed by atoms with E-state index < -0.39 is 0 Å². The zero-order valence-corrected chi connectivity index (χ0v) is 16.5. The molecule has 6 aromatic rings. The molecule has 4 heteroatoms. The van der Waals surface area contributed by atoms with Crippen LogP contribution in [0.4, 0.5) is 0 Å². The van der Waals surface area contributed by atoms with E-state index in [0.29, 0.717) is 11.4 Å². The topological polar surface area (TPSA) is 69.1 Å². The minimum absolute atomic E-state index is 0.162. The van der Waals surface area contributed by atoms with Gasteiger partial charge in [0.1, 0.15) is 17.3 Å². The van der Waals surface area contributed by atoms with E-state index >= 15 is 0 Å². The molecule has 0 amide bonds. The number of phenols is 2. The number of rotatable bonds is 2. The number of aromatic amines is 1. The highest BCUT2D eigenvalue weighted by molar-refractivity contribution is 6.23. The predicted octanol–water partition coefficient (Wildman–Crippen LogP) is 6.61. The van der Waals surface area contributed by atoms with Crippen LogP contribution < -0.4 is 0 Å². The molecule has 31 heavy (non-hydrogen) atoms. The summed E-state index contributed by atoms with van der Waals surface area (Å²) in [5.74, 6) is 1.00. The summed E-state index contributed by atoms with van der Waals surface area (Å²) in [6.45, 7) is 0. The lowest BCUT2D eigenvalue weighted by atomic mass is 10.0. The smallest absolute Gasteiger partial charge is 0.142 e. The van der Waals surface area contributed by atoms with E-state index in [1.807, 2.05) is 48.5 Å². The van der Waals surface area contributed by atoms with Gasteiger partial charge in [0.2, 0.25) is 0 Å². The Kier molecular flexibility index (Phi) is 3.74. The fourth-order valence-electron chi connectivity index (χ4n) is 4.31. The van der Waals surface area contributed by atoms with E-state index in [1.54, 1.807) is 18.2 Å². The number of aromatic nitrogens is 2. The van der Waals surface area contributed by atoms with Crippen LogP contribution in [0.3, 0.4) is 0 Å². The molecule has 0 spiro atoms. The van der Waals surface area contributed by atoms with Crippen LogP contribution in [-0.2, 0) is 0 Å². The number of hydrogen-bond acceptors (Lipinski definition) is 3. The van der Waals surface area contributed by atoms with Gasteiger partial charge in [0.15, 0.2) is 0 Å². The SMILES string of the molecule is Oc1ccc(-c2ccc(O)c(-c3nc4c5ccccc5c5ccccc5c4[nH]3)c2)cc1. The van der Waals surface area contributed by atoms with Gasteiger partial charge in [-0.15, -0.1) is 0 Å². The van der Waals surface area contributed by atoms with E-state index in [2.05, 4.69) is 29.2 Å². The van der Waals surface area contributed by atoms with Crippen molar-refractivity contribution >= 4 is 32.6 Å². The fraction of sp³-hybridized carbons (Fsp3) is 0. The molecule has 0 saturated heterocycles. The number of nitrogens with zero attached hydrogens (tertiary/aromatic N) is 1. The number of phenolic OH excluding ortho intramolecular Hbond substituents is 2. The van der Waals surface area contributed by atoms with Gasteiger partial charge in [-0.25, -0.2) is 4.98 Å². The Morgan fingerprint density at radius 2 is 1.23 bits per heavy atom. The molecule has 0 aliphatic heterocycles. The van der Waals surface area contributed by atoms with Crippen LogP contribution >= 0.6 is 0 Å². The van der Waals surface area contributed by atoms with Gasteiger partial charge >= 0.3 is 0 Å². The first-order valence-corrected chi connectivity index (χ1v) is 10.1. The first-order chi connectivity index (χ1) is 15.2. The molecule has 0 atom stereocenters. The molecule has 148 valence electrons. The number of benzene rings is 5. The zero-order valence-electron chi connectivity index (χ0n) is 16.5. The molecule has 0 bridgehead atoms. The largest absolute Gasteiger partial charge is 0.508 e. The number of H-pyrrole nitrogens is 1. The Bertz CT molecular complexity index is 1530. The van der Waals surface area contributed by atoms with Crippen molar-refractivity contribution < 1.29 is 10.2 Å². The molecule has 1 aromatic heterocycles. The van der Waals surface area contributed by atoms with E-state index in [9.17, 15) is 10.2 Å². The minimum Gasteiger partial charge on any atom is -0.508 e. The van der Waals surface area contributed by atoms with E-state index in [-0.39, 0.29) is 11.5 Å². The van der Waals surface area contributed by atoms with Gasteiger partial charge in [-0.05, 0) is 46.2 Å². The van der Waals surface area contributed by atoms with Gasteiger partial charge in [0.25, 0.3) is 0 Å². The Morgan fingerprint density at radius 3 is 1.97 bits per heavy atom. The first-order valence-electron chi connectivity index (χ1n) is 10.1. The van der Waals surface area contributed by atoms with Gasteiger partial charge in [-0.1, -0.05) is 66.7 Å². The maximum atomic E-state index is 10.6. The quantitative estimate of drug-likeness (QED) is 0.285. The molecule has 0 saturated carbocycles. The van der Waals surface area contributed by atoms with Crippen LogP contribution in [0, 0.1) is 0 Å². The second kappa shape index (κ2) is 6.61. The highest BCUT2D eigenvalue weighted by Gasteiger charge is 2.16. The Labute approximate surface area is 178 Å². The highest BCUT2D eigenvalue weighted by Crippen LogP contribution is 2.38. The van der Waals surface area contributed by atoms with Crippen molar-refractivity contribution in [1.82, 2.24) is 9.97 Å². The van der Waals surface area contributed by atoms with Crippen molar-refractivity contribution in [3.05, 3.63) is 91.0 Å². The fourth-order valence-corrected chi connectivity index (χ4v) is 4.31. The third kappa shape index (κ3) is 2.73. The lowest BCUT2D eigenvalue weighted by Gasteiger charge is -2.06. The van der Waals surface area contributed by atoms with Gasteiger partial charge in [0, 0.05) is 10.8 Å². The zero-order chi connectivity index (χ0) is 20.9. The van der Waals surface area contributed by atoms with Crippen LogP contribution in [0.25, 0.3) is 55.1 Å². The van der Waals surface area contributed by atoms with Gasteiger partial charge < -0.3 is 15.2 Å². The predicted molar refractivity (Wildman–Crippen MR) is 125 cm³/mol. The second-order valence-electron chi connectivity index (χ2n) is 7.68. The normalized spacial score (nSPS) is 11.5. The second-order valence-corrected chi connectivity index (χ2v) is 7.68. The number of aromatic hydroxyl groups is 2. The Balaban J connectivity index is 1.62. The van der Waals surface area contributed by atoms with E-state index in [4.69, 9.17) is 4.98 Å². The average Bonchev–Trinajstić information content (AvgIpc) is 3.26. The molecule has 6 rings (SSSR count). The van der Waals surface area contributed by atoms with Crippen LogP contribution in [0.2, 0.25) is 0 Å². The third-order valence-electron chi connectivity index (χ3n) is 5.82. The Morgan fingerprint density at radius 1 is 0.613 bits per heavy atom. The number of fused-ring (bicyclic) bond motifs is 6. The van der Waals surface area contributed by atoms with Crippen LogP contribution in [0.5, 0.6) is 11.5 Å². The standard InChI is InChI=1S/C27H18N2O2/c30-18-12-9-16(10-13-18)17-11-14-24(31)23(15-17)27-28-25-21-7-3-1-5-19(21)20-6-2-4-8-22(20)26(25)29-27/h1-15,30-31H,(H,28,29). The molecule has 0 fully saturated rings. The molecular weight excluding hydrogens is 384 g/mol. The van der Waals surface area contributed by atoms with Crippen molar-refractivity contribution in [2.45, 2.75) is 0 Å². The molecule has 0 aliphatic rings. The van der Waals surface area contributed by atoms with Gasteiger partial charge in [-0.2, -0.15) is 0 Å². The van der Waals surface area contributed by atoms with Crippen molar-refractivity contribution in [3.8, 4) is 34.0 Å². The lowest BCUT2D eigenvalue weighted by Crippen LogP contribution is -1.85. The summed E-state index contributed by atoms with van der Waals surface area (Å²) in [6.07, 6.45) is 0. The van der Waals surface area contributed by atoms with Crippen molar-refractivity contribution in [3.63, 3.8) is 0 Å². The molecule has 0 unspecified atom stereocenters. The lowest BCUT2D eigenvalue weighted by molar-refractivity contribution is 0.475. The van der Waals surface area contributed by atoms with Crippen molar-refractivity contribution in [2.75, 3.05) is 0 Å². The number of nitrogens with one attached hydrogen (secondary N) is 1. The molecular formula is C27H18N2O2. The molecule has 0 aliphatic carbocycles. The molecule has 3 N–H and O–H groups in total. The van der Waals surface area contributed by atoms with Crippen molar-refractivity contribution in [1.29, 1.82) is 0 Å². The van der Waals surface area contributed by atoms with Gasteiger partial charge in [0.05, 0.1) is 16.6 Å². The summed E-state index contributed by atoms with van der Waals surface area (Å²) in [5, 5.41) is 24.7. The first kappa shape index (κ1) is 17.5. The van der Waals surface area contributed by atoms with Crippen LogP contribution in [0.1, 0.15) is 0 Å². The summed E-state index contributed by atoms with van der Waals surface area (Å²) in [6, 6.07) is 29.0. The molecule has 4 nitrogen and oxygen atoms in total. The number of hydrogen-bond donors (Lipinski definition) is 3. The molecule has 1 heterocycles. The summed E-state index contributed by atoms with van der Waals surface area (Å²) in [4.78, 5) is 8.38. The van der Waals surface area contributed by atoms with Crippen LogP contribution in [0.15, 0.2) is 91.0 Å². The highest BCUT2D eigenvalue weighted by atomic mass is 16.3. The molecule has 5 aromatic carbocycles. The van der Waals surface area contributed by atoms with E-state index in [0.717, 1.165) is 38.3 Å². The minimum atomic E-state index is 0.162. The van der Waals surface area contributed by atoms with Crippen molar-refractivity contribution in [2.24, 2.45) is 0 Å². The Hall–Kier alpha value is -4.31. The summed E-state index contributed by atoms with van der Waals surface area (Å²) < 4.78 is 0. The summed E-state index contributed by atoms with van der Waals surface area (Å²) >= 11 is 0. The maximum Gasteiger partial charge on any atom is 0.142 e. The van der Waals surface area contributed by atoms with Crippen LogP contribution in [-0.4, -0.2) is 20.2 Å². The summed E-state index contributed by atoms with van der Waals surface area (Å²) in [5.41, 5.74) is 4.36. The monoisotopic (exact) mass is 402 g/mol.